The van der Waals surface area contributed by atoms with Crippen molar-refractivity contribution in [1.82, 2.24) is 4.90 Å². The monoisotopic (exact) mass is 276 g/mol. The Labute approximate surface area is 120 Å². The van der Waals surface area contributed by atoms with Crippen molar-refractivity contribution in [3.8, 4) is 0 Å². The average Bonchev–Trinajstić information content (AvgIpc) is 2.46. The lowest BCUT2D eigenvalue weighted by Gasteiger charge is -2.32. The molecule has 0 spiro atoms. The lowest BCUT2D eigenvalue weighted by atomic mass is 9.99. The molecule has 4 nitrogen and oxygen atoms in total. The van der Waals surface area contributed by atoms with E-state index in [9.17, 15) is 4.79 Å². The summed E-state index contributed by atoms with van der Waals surface area (Å²) in [5.74, 6) is 0.180. The van der Waals surface area contributed by atoms with E-state index in [1.54, 1.807) is 0 Å². The fourth-order valence-electron chi connectivity index (χ4n) is 2.55. The highest BCUT2D eigenvalue weighted by Crippen LogP contribution is 2.21. The molecule has 1 unspecified atom stereocenters. The Kier molecular flexibility index (Phi) is 5.01. The number of ether oxygens (including phenoxy) is 1. The standard InChI is InChI=1S/C16H24N2O2/c1-12(2)18(10-13-6-3-4-8-15(13)17)16(19)14-7-5-9-20-11-14/h3-4,6,8,12,14H,5,7,9-11,17H2,1-2H3. The zero-order valence-electron chi connectivity index (χ0n) is 12.3. The third-order valence-electron chi connectivity index (χ3n) is 3.81. The highest BCUT2D eigenvalue weighted by molar-refractivity contribution is 5.79. The number of hydrogen-bond donors (Lipinski definition) is 1. The van der Waals surface area contributed by atoms with E-state index in [2.05, 4.69) is 0 Å². The molecule has 1 atom stereocenters. The van der Waals surface area contributed by atoms with E-state index in [1.807, 2.05) is 43.0 Å². The first-order valence-corrected chi connectivity index (χ1v) is 7.31. The van der Waals surface area contributed by atoms with E-state index >= 15 is 0 Å². The van der Waals surface area contributed by atoms with E-state index in [1.165, 1.54) is 0 Å². The van der Waals surface area contributed by atoms with Crippen molar-refractivity contribution in [2.24, 2.45) is 5.92 Å². The minimum atomic E-state index is -0.00362. The minimum absolute atomic E-state index is 0.00362. The first kappa shape index (κ1) is 14.9. The zero-order chi connectivity index (χ0) is 14.5. The highest BCUT2D eigenvalue weighted by Gasteiger charge is 2.28. The first-order chi connectivity index (χ1) is 9.59. The van der Waals surface area contributed by atoms with Gasteiger partial charge in [-0.1, -0.05) is 18.2 Å². The molecule has 0 aromatic heterocycles. The number of anilines is 1. The number of nitrogens with two attached hydrogens (primary N) is 1. The van der Waals surface area contributed by atoms with Crippen molar-refractivity contribution in [2.45, 2.75) is 39.3 Å². The number of para-hydroxylation sites is 1. The molecule has 1 aliphatic rings. The van der Waals surface area contributed by atoms with Crippen LogP contribution in [0, 0.1) is 5.92 Å². The molecule has 1 aromatic carbocycles. The van der Waals surface area contributed by atoms with Crippen LogP contribution in [0.5, 0.6) is 0 Å². The van der Waals surface area contributed by atoms with Gasteiger partial charge in [-0.25, -0.2) is 0 Å². The topological polar surface area (TPSA) is 55.6 Å². The molecule has 2 N–H and O–H groups in total. The van der Waals surface area contributed by atoms with Crippen LogP contribution >= 0.6 is 0 Å². The van der Waals surface area contributed by atoms with Crippen molar-refractivity contribution in [3.05, 3.63) is 29.8 Å². The Morgan fingerprint density at radius 3 is 2.80 bits per heavy atom. The number of nitrogen functional groups attached to an aromatic ring is 1. The summed E-state index contributed by atoms with van der Waals surface area (Å²) in [6.07, 6.45) is 1.89. The SMILES string of the molecule is CC(C)N(Cc1ccccc1N)C(=O)C1CCCOC1. The summed E-state index contributed by atoms with van der Waals surface area (Å²) in [7, 11) is 0. The molecule has 1 amide bonds. The molecule has 1 saturated heterocycles. The van der Waals surface area contributed by atoms with Gasteiger partial charge < -0.3 is 15.4 Å². The van der Waals surface area contributed by atoms with Crippen LogP contribution in [-0.2, 0) is 16.1 Å². The van der Waals surface area contributed by atoms with E-state index < -0.39 is 0 Å². The van der Waals surface area contributed by atoms with Gasteiger partial charge in [0.2, 0.25) is 5.91 Å². The lowest BCUT2D eigenvalue weighted by Crippen LogP contribution is -2.43. The predicted octanol–water partition coefficient (Wildman–Crippen LogP) is 2.43. The summed E-state index contributed by atoms with van der Waals surface area (Å²) in [5.41, 5.74) is 7.73. The Morgan fingerprint density at radius 1 is 1.45 bits per heavy atom. The third kappa shape index (κ3) is 3.51. The summed E-state index contributed by atoms with van der Waals surface area (Å²) >= 11 is 0. The summed E-state index contributed by atoms with van der Waals surface area (Å²) < 4.78 is 5.43. The number of benzene rings is 1. The Balaban J connectivity index is 2.10. The molecular formula is C16H24N2O2. The van der Waals surface area contributed by atoms with E-state index in [0.717, 1.165) is 30.7 Å². The van der Waals surface area contributed by atoms with Crippen LogP contribution in [0.25, 0.3) is 0 Å². The van der Waals surface area contributed by atoms with Gasteiger partial charge in [0, 0.05) is 24.9 Å². The van der Waals surface area contributed by atoms with Gasteiger partial charge in [0.15, 0.2) is 0 Å². The molecule has 110 valence electrons. The van der Waals surface area contributed by atoms with Gasteiger partial charge in [0.25, 0.3) is 0 Å². The fraction of sp³-hybridized carbons (Fsp3) is 0.562. The number of carbonyl (C=O) groups is 1. The van der Waals surface area contributed by atoms with E-state index in [0.29, 0.717) is 13.2 Å². The molecule has 0 bridgehead atoms. The number of amides is 1. The molecule has 1 aromatic rings. The van der Waals surface area contributed by atoms with Crippen LogP contribution in [0.4, 0.5) is 5.69 Å². The van der Waals surface area contributed by atoms with E-state index in [-0.39, 0.29) is 17.9 Å². The van der Waals surface area contributed by atoms with Crippen LogP contribution in [0.3, 0.4) is 0 Å². The maximum atomic E-state index is 12.7. The number of hydrogen-bond acceptors (Lipinski definition) is 3. The summed E-state index contributed by atoms with van der Waals surface area (Å²) in [6, 6.07) is 7.88. The number of carbonyl (C=O) groups excluding carboxylic acids is 1. The van der Waals surface area contributed by atoms with Crippen molar-refractivity contribution in [1.29, 1.82) is 0 Å². The van der Waals surface area contributed by atoms with Crippen LogP contribution < -0.4 is 5.73 Å². The van der Waals surface area contributed by atoms with Gasteiger partial charge in [-0.15, -0.1) is 0 Å². The Morgan fingerprint density at radius 2 is 2.20 bits per heavy atom. The number of rotatable bonds is 4. The molecular weight excluding hydrogens is 252 g/mol. The molecule has 0 saturated carbocycles. The second-order valence-corrected chi connectivity index (χ2v) is 5.67. The first-order valence-electron chi connectivity index (χ1n) is 7.31. The molecule has 1 heterocycles. The van der Waals surface area contributed by atoms with Crippen molar-refractivity contribution < 1.29 is 9.53 Å². The zero-order valence-corrected chi connectivity index (χ0v) is 12.3. The average molecular weight is 276 g/mol. The van der Waals surface area contributed by atoms with Crippen LogP contribution in [0.15, 0.2) is 24.3 Å². The molecule has 0 aliphatic carbocycles. The molecule has 1 aliphatic heterocycles. The van der Waals surface area contributed by atoms with Gasteiger partial charge >= 0.3 is 0 Å². The van der Waals surface area contributed by atoms with Crippen molar-refractivity contribution in [3.63, 3.8) is 0 Å². The van der Waals surface area contributed by atoms with Crippen LogP contribution in [0.1, 0.15) is 32.3 Å². The third-order valence-corrected chi connectivity index (χ3v) is 3.81. The maximum Gasteiger partial charge on any atom is 0.228 e. The number of nitrogens with zero attached hydrogens (tertiary/aromatic N) is 1. The Hall–Kier alpha value is -1.55. The second kappa shape index (κ2) is 6.75. The van der Waals surface area contributed by atoms with Gasteiger partial charge in [-0.3, -0.25) is 4.79 Å². The molecule has 2 rings (SSSR count). The Bertz CT molecular complexity index is 454. The summed E-state index contributed by atoms with van der Waals surface area (Å²) in [6.45, 7) is 5.98. The largest absolute Gasteiger partial charge is 0.398 e. The summed E-state index contributed by atoms with van der Waals surface area (Å²) in [5, 5.41) is 0. The van der Waals surface area contributed by atoms with Crippen molar-refractivity contribution >= 4 is 11.6 Å². The van der Waals surface area contributed by atoms with Gasteiger partial charge in [0.1, 0.15) is 0 Å². The van der Waals surface area contributed by atoms with Gasteiger partial charge in [-0.2, -0.15) is 0 Å². The highest BCUT2D eigenvalue weighted by atomic mass is 16.5. The predicted molar refractivity (Wildman–Crippen MR) is 80.1 cm³/mol. The normalized spacial score (nSPS) is 19.1. The quantitative estimate of drug-likeness (QED) is 0.859. The van der Waals surface area contributed by atoms with E-state index in [4.69, 9.17) is 10.5 Å². The second-order valence-electron chi connectivity index (χ2n) is 5.67. The smallest absolute Gasteiger partial charge is 0.228 e. The lowest BCUT2D eigenvalue weighted by molar-refractivity contribution is -0.142. The van der Waals surface area contributed by atoms with Crippen molar-refractivity contribution in [2.75, 3.05) is 18.9 Å². The van der Waals surface area contributed by atoms with Gasteiger partial charge in [-0.05, 0) is 38.3 Å². The maximum absolute atomic E-state index is 12.7. The minimum Gasteiger partial charge on any atom is -0.398 e. The molecule has 0 radical (unpaired) electrons. The fourth-order valence-corrected chi connectivity index (χ4v) is 2.55. The molecule has 20 heavy (non-hydrogen) atoms. The van der Waals surface area contributed by atoms with Crippen LogP contribution in [-0.4, -0.2) is 30.1 Å². The van der Waals surface area contributed by atoms with Gasteiger partial charge in [0.05, 0.1) is 12.5 Å². The summed E-state index contributed by atoms with van der Waals surface area (Å²) in [4.78, 5) is 14.6. The molecule has 1 fully saturated rings. The molecule has 4 heteroatoms. The van der Waals surface area contributed by atoms with Crippen LogP contribution in [0.2, 0.25) is 0 Å².